The van der Waals surface area contributed by atoms with Gasteiger partial charge in [-0.3, -0.25) is 14.1 Å². The Morgan fingerprint density at radius 2 is 1.24 bits per heavy atom. The third-order valence-corrected chi connectivity index (χ3v) is 6.72. The lowest BCUT2D eigenvalue weighted by molar-refractivity contribution is -0.152. The molecule has 0 aromatic carbocycles. The zero-order valence-corrected chi connectivity index (χ0v) is 19.0. The fourth-order valence-electron chi connectivity index (χ4n) is 3.38. The van der Waals surface area contributed by atoms with Crippen LogP contribution in [0.5, 0.6) is 0 Å². The summed E-state index contributed by atoms with van der Waals surface area (Å²) in [5.41, 5.74) is 0. The summed E-state index contributed by atoms with van der Waals surface area (Å²) in [5.74, 6) is -2.62. The molecular weight excluding hydrogens is 396 g/mol. The first-order valence-corrected chi connectivity index (χ1v) is 12.5. The smallest absolute Gasteiger partial charge is 0.330 e. The predicted molar refractivity (Wildman–Crippen MR) is 113 cm³/mol. The van der Waals surface area contributed by atoms with Crippen molar-refractivity contribution in [1.82, 2.24) is 0 Å². The molecule has 0 aliphatic heterocycles. The molecule has 1 atom stereocenters. The molecule has 0 bridgehead atoms. The molecule has 1 unspecified atom stereocenters. The minimum absolute atomic E-state index is 0.0278. The second-order valence-corrected chi connectivity index (χ2v) is 9.55. The number of esters is 1. The van der Waals surface area contributed by atoms with E-state index in [0.717, 1.165) is 25.7 Å². The minimum atomic E-state index is -4.92. The van der Waals surface area contributed by atoms with Crippen molar-refractivity contribution in [3.63, 3.8) is 0 Å². The van der Waals surface area contributed by atoms with Crippen LogP contribution >= 0.6 is 0 Å². The van der Waals surface area contributed by atoms with Crippen LogP contribution in [0.15, 0.2) is 0 Å². The van der Waals surface area contributed by atoms with Crippen LogP contribution in [0.25, 0.3) is 0 Å². The molecule has 0 fully saturated rings. The first kappa shape index (κ1) is 27.8. The SMILES string of the molecule is CCCCCCCCCCCCOC(=O)C(CCCCC)(CC(=O)O)S(=O)(=O)O. The number of carbonyl (C=O) groups is 2. The molecular formula is C21H40O7S. The molecule has 0 amide bonds. The Morgan fingerprint density at radius 1 is 0.793 bits per heavy atom. The molecule has 8 heteroatoms. The Kier molecular flexibility index (Phi) is 15.0. The van der Waals surface area contributed by atoms with Crippen LogP contribution in [-0.4, -0.2) is 41.4 Å². The third kappa shape index (κ3) is 11.6. The lowest BCUT2D eigenvalue weighted by Crippen LogP contribution is -2.49. The molecule has 0 spiro atoms. The third-order valence-electron chi connectivity index (χ3n) is 5.22. The van der Waals surface area contributed by atoms with Crippen molar-refractivity contribution in [3.8, 4) is 0 Å². The van der Waals surface area contributed by atoms with E-state index in [9.17, 15) is 22.6 Å². The Labute approximate surface area is 176 Å². The number of carboxylic acids is 1. The number of ether oxygens (including phenoxy) is 1. The van der Waals surface area contributed by atoms with E-state index in [2.05, 4.69) is 6.92 Å². The lowest BCUT2D eigenvalue weighted by atomic mass is 9.96. The van der Waals surface area contributed by atoms with Crippen LogP contribution in [-0.2, 0) is 24.4 Å². The highest BCUT2D eigenvalue weighted by molar-refractivity contribution is 7.88. The van der Waals surface area contributed by atoms with E-state index in [1.165, 1.54) is 38.5 Å². The van der Waals surface area contributed by atoms with E-state index in [0.29, 0.717) is 19.3 Å². The number of carbonyl (C=O) groups excluding carboxylic acids is 1. The summed E-state index contributed by atoms with van der Waals surface area (Å²) in [7, 11) is -4.92. The van der Waals surface area contributed by atoms with Crippen LogP contribution in [0, 0.1) is 0 Å². The quantitative estimate of drug-likeness (QED) is 0.164. The molecule has 0 aliphatic carbocycles. The summed E-state index contributed by atoms with van der Waals surface area (Å²) in [6.45, 7) is 4.12. The highest BCUT2D eigenvalue weighted by Gasteiger charge is 2.52. The molecule has 2 N–H and O–H groups in total. The van der Waals surface area contributed by atoms with Gasteiger partial charge in [0.25, 0.3) is 10.1 Å². The van der Waals surface area contributed by atoms with Crippen molar-refractivity contribution < 1.29 is 32.4 Å². The van der Waals surface area contributed by atoms with Gasteiger partial charge in [0, 0.05) is 0 Å². The van der Waals surface area contributed by atoms with Gasteiger partial charge in [0.15, 0.2) is 0 Å². The highest BCUT2D eigenvalue weighted by atomic mass is 32.2. The average molecular weight is 437 g/mol. The maximum absolute atomic E-state index is 12.5. The number of aliphatic carboxylic acids is 1. The van der Waals surface area contributed by atoms with Crippen molar-refractivity contribution >= 4 is 22.1 Å². The number of hydrogen-bond acceptors (Lipinski definition) is 5. The fraction of sp³-hybridized carbons (Fsp3) is 0.905. The number of rotatable bonds is 19. The van der Waals surface area contributed by atoms with Gasteiger partial charge in [-0.1, -0.05) is 90.9 Å². The average Bonchev–Trinajstić information content (AvgIpc) is 2.64. The molecule has 0 aromatic rings. The molecule has 0 saturated heterocycles. The van der Waals surface area contributed by atoms with Gasteiger partial charge in [-0.15, -0.1) is 0 Å². The maximum atomic E-state index is 12.5. The molecule has 0 heterocycles. The van der Waals surface area contributed by atoms with Crippen LogP contribution in [0.3, 0.4) is 0 Å². The monoisotopic (exact) mass is 436 g/mol. The summed E-state index contributed by atoms with van der Waals surface area (Å²) in [6, 6.07) is 0. The second kappa shape index (κ2) is 15.7. The van der Waals surface area contributed by atoms with Crippen molar-refractivity contribution in [2.75, 3.05) is 6.61 Å². The molecule has 29 heavy (non-hydrogen) atoms. The van der Waals surface area contributed by atoms with E-state index in [4.69, 9.17) is 9.84 Å². The molecule has 172 valence electrons. The largest absolute Gasteiger partial charge is 0.481 e. The molecule has 7 nitrogen and oxygen atoms in total. The summed E-state index contributed by atoms with van der Waals surface area (Å²) in [6.07, 6.45) is 11.5. The summed E-state index contributed by atoms with van der Waals surface area (Å²) < 4.78 is 36.1. The van der Waals surface area contributed by atoms with Gasteiger partial charge >= 0.3 is 11.9 Å². The normalized spacial score (nSPS) is 13.8. The van der Waals surface area contributed by atoms with Crippen molar-refractivity contribution in [2.45, 2.75) is 115 Å². The van der Waals surface area contributed by atoms with Gasteiger partial charge in [0.1, 0.15) is 0 Å². The van der Waals surface area contributed by atoms with Crippen LogP contribution in [0.1, 0.15) is 110 Å². The van der Waals surface area contributed by atoms with Crippen LogP contribution < -0.4 is 0 Å². The van der Waals surface area contributed by atoms with Gasteiger partial charge in [-0.25, -0.2) is 0 Å². The molecule has 0 aromatic heterocycles. The molecule has 0 rings (SSSR count). The van der Waals surface area contributed by atoms with E-state index in [1.54, 1.807) is 0 Å². The van der Waals surface area contributed by atoms with E-state index >= 15 is 0 Å². The predicted octanol–water partition coefficient (Wildman–Crippen LogP) is 5.13. The minimum Gasteiger partial charge on any atom is -0.481 e. The van der Waals surface area contributed by atoms with Crippen molar-refractivity contribution in [2.24, 2.45) is 0 Å². The summed E-state index contributed by atoms with van der Waals surface area (Å²) in [5, 5.41) is 9.09. The standard InChI is InChI=1S/C21H40O7S/c1-3-5-7-8-9-10-11-12-13-15-17-28-20(24)21(18-19(22)23,29(25,26)27)16-14-6-4-2/h3-18H2,1-2H3,(H,22,23)(H,25,26,27). The molecule has 0 saturated carbocycles. The van der Waals surface area contributed by atoms with E-state index in [-0.39, 0.29) is 13.0 Å². The Hall–Kier alpha value is -1.15. The molecule has 0 aliphatic rings. The van der Waals surface area contributed by atoms with Gasteiger partial charge in [0.2, 0.25) is 4.75 Å². The zero-order chi connectivity index (χ0) is 22.2. The molecule has 0 radical (unpaired) electrons. The number of unbranched alkanes of at least 4 members (excludes halogenated alkanes) is 11. The number of hydrogen-bond donors (Lipinski definition) is 2. The zero-order valence-electron chi connectivity index (χ0n) is 18.2. The topological polar surface area (TPSA) is 118 Å². The Morgan fingerprint density at radius 3 is 1.69 bits per heavy atom. The van der Waals surface area contributed by atoms with Gasteiger partial charge in [-0.05, 0) is 12.8 Å². The van der Waals surface area contributed by atoms with Crippen molar-refractivity contribution in [1.29, 1.82) is 0 Å². The summed E-state index contributed by atoms with van der Waals surface area (Å²) in [4.78, 5) is 23.7. The van der Waals surface area contributed by atoms with Gasteiger partial charge in [0.05, 0.1) is 13.0 Å². The van der Waals surface area contributed by atoms with Crippen molar-refractivity contribution in [3.05, 3.63) is 0 Å². The second-order valence-electron chi connectivity index (χ2n) is 7.81. The highest BCUT2D eigenvalue weighted by Crippen LogP contribution is 2.30. The lowest BCUT2D eigenvalue weighted by Gasteiger charge is -2.27. The van der Waals surface area contributed by atoms with Crippen LogP contribution in [0.2, 0.25) is 0 Å². The Balaban J connectivity index is 4.44. The van der Waals surface area contributed by atoms with E-state index in [1.807, 2.05) is 6.92 Å². The van der Waals surface area contributed by atoms with Gasteiger partial charge in [-0.2, -0.15) is 8.42 Å². The number of carboxylic acid groups (broad SMARTS) is 1. The van der Waals surface area contributed by atoms with Crippen LogP contribution in [0.4, 0.5) is 0 Å². The first-order valence-electron chi connectivity index (χ1n) is 11.1. The maximum Gasteiger partial charge on any atom is 0.330 e. The first-order chi connectivity index (χ1) is 13.7. The van der Waals surface area contributed by atoms with Gasteiger partial charge < -0.3 is 9.84 Å². The Bertz CT molecular complexity index is 559. The summed E-state index contributed by atoms with van der Waals surface area (Å²) >= 11 is 0. The fourth-order valence-corrected chi connectivity index (χ4v) is 4.36. The van der Waals surface area contributed by atoms with E-state index < -0.39 is 33.2 Å².